The van der Waals surface area contributed by atoms with Crippen molar-refractivity contribution in [2.45, 2.75) is 26.2 Å². The SMILES string of the molecule is Cc1ccc(C(=O)NCCCCCI)c(Cl)c1. The molecule has 0 saturated carbocycles. The summed E-state index contributed by atoms with van der Waals surface area (Å²) < 4.78 is 1.18. The van der Waals surface area contributed by atoms with Crippen LogP contribution in [0.1, 0.15) is 35.2 Å². The number of amides is 1. The molecule has 0 aromatic heterocycles. The summed E-state index contributed by atoms with van der Waals surface area (Å²) in [6.45, 7) is 2.68. The van der Waals surface area contributed by atoms with Crippen LogP contribution in [-0.4, -0.2) is 16.9 Å². The zero-order valence-corrected chi connectivity index (χ0v) is 12.8. The molecule has 17 heavy (non-hydrogen) atoms. The van der Waals surface area contributed by atoms with E-state index in [0.29, 0.717) is 10.6 Å². The summed E-state index contributed by atoms with van der Waals surface area (Å²) in [4.78, 5) is 11.8. The molecule has 2 nitrogen and oxygen atoms in total. The Bertz CT molecular complexity index is 382. The highest BCUT2D eigenvalue weighted by Crippen LogP contribution is 2.17. The van der Waals surface area contributed by atoms with Gasteiger partial charge < -0.3 is 5.32 Å². The third kappa shape index (κ3) is 5.25. The van der Waals surface area contributed by atoms with Crippen molar-refractivity contribution in [2.24, 2.45) is 0 Å². The van der Waals surface area contributed by atoms with Gasteiger partial charge in [0.05, 0.1) is 10.6 Å². The van der Waals surface area contributed by atoms with Crippen LogP contribution >= 0.6 is 34.2 Å². The topological polar surface area (TPSA) is 29.1 Å². The minimum atomic E-state index is -0.0792. The molecular formula is C13H17ClINO. The lowest BCUT2D eigenvalue weighted by Gasteiger charge is -2.07. The standard InChI is InChI=1S/C13H17ClINO/c1-10-5-6-11(12(14)9-10)13(17)16-8-4-2-3-7-15/h5-6,9H,2-4,7-8H2,1H3,(H,16,17). The maximum Gasteiger partial charge on any atom is 0.252 e. The molecule has 1 N–H and O–H groups in total. The summed E-state index contributed by atoms with van der Waals surface area (Å²) in [6.07, 6.45) is 3.39. The third-order valence-corrected chi connectivity index (χ3v) is 3.54. The highest BCUT2D eigenvalue weighted by atomic mass is 127. The molecule has 1 amide bonds. The average molecular weight is 366 g/mol. The van der Waals surface area contributed by atoms with Gasteiger partial charge in [0.2, 0.25) is 0 Å². The number of hydrogen-bond donors (Lipinski definition) is 1. The van der Waals surface area contributed by atoms with Gasteiger partial charge >= 0.3 is 0 Å². The van der Waals surface area contributed by atoms with Crippen molar-refractivity contribution in [1.82, 2.24) is 5.32 Å². The minimum Gasteiger partial charge on any atom is -0.352 e. The monoisotopic (exact) mass is 365 g/mol. The molecule has 4 heteroatoms. The fourth-order valence-corrected chi connectivity index (χ4v) is 2.36. The number of benzene rings is 1. The molecule has 0 aliphatic carbocycles. The molecule has 0 aliphatic rings. The maximum atomic E-state index is 11.8. The van der Waals surface area contributed by atoms with Crippen molar-refractivity contribution in [3.8, 4) is 0 Å². The molecule has 94 valence electrons. The Morgan fingerprint density at radius 3 is 2.76 bits per heavy atom. The maximum absolute atomic E-state index is 11.8. The number of nitrogens with one attached hydrogen (secondary N) is 1. The number of carbonyl (C=O) groups is 1. The van der Waals surface area contributed by atoms with Gasteiger partial charge in [-0.15, -0.1) is 0 Å². The quantitative estimate of drug-likeness (QED) is 0.461. The van der Waals surface area contributed by atoms with Crippen LogP contribution in [0.25, 0.3) is 0 Å². The third-order valence-electron chi connectivity index (χ3n) is 2.47. The summed E-state index contributed by atoms with van der Waals surface area (Å²) in [5, 5.41) is 3.42. The zero-order chi connectivity index (χ0) is 12.7. The van der Waals surface area contributed by atoms with Crippen molar-refractivity contribution < 1.29 is 4.79 Å². The molecule has 0 spiro atoms. The summed E-state index contributed by atoms with van der Waals surface area (Å²) in [5.41, 5.74) is 1.62. The normalized spacial score (nSPS) is 10.3. The predicted molar refractivity (Wildman–Crippen MR) is 81.3 cm³/mol. The van der Waals surface area contributed by atoms with Crippen LogP contribution in [0, 0.1) is 6.92 Å². The van der Waals surface area contributed by atoms with E-state index in [2.05, 4.69) is 27.9 Å². The molecule has 0 radical (unpaired) electrons. The molecular weight excluding hydrogens is 349 g/mol. The molecule has 0 atom stereocenters. The first-order valence-corrected chi connectivity index (χ1v) is 7.66. The highest BCUT2D eigenvalue weighted by Gasteiger charge is 2.09. The van der Waals surface area contributed by atoms with E-state index in [1.54, 1.807) is 6.07 Å². The predicted octanol–water partition coefficient (Wildman–Crippen LogP) is 3.98. The molecule has 0 aliphatic heterocycles. The van der Waals surface area contributed by atoms with Crippen LogP contribution < -0.4 is 5.32 Å². The number of alkyl halides is 1. The van der Waals surface area contributed by atoms with Gasteiger partial charge in [-0.3, -0.25) is 4.79 Å². The Morgan fingerprint density at radius 2 is 2.12 bits per heavy atom. The smallest absolute Gasteiger partial charge is 0.252 e. The van der Waals surface area contributed by atoms with E-state index < -0.39 is 0 Å². The Labute approximate surface area is 121 Å². The van der Waals surface area contributed by atoms with E-state index in [1.807, 2.05) is 19.1 Å². The summed E-state index contributed by atoms with van der Waals surface area (Å²) in [7, 11) is 0. The second-order valence-corrected chi connectivity index (χ2v) is 5.47. The van der Waals surface area contributed by atoms with E-state index in [0.717, 1.165) is 24.9 Å². The fourth-order valence-electron chi connectivity index (χ4n) is 1.50. The largest absolute Gasteiger partial charge is 0.352 e. The minimum absolute atomic E-state index is 0.0792. The van der Waals surface area contributed by atoms with Crippen LogP contribution in [-0.2, 0) is 0 Å². The van der Waals surface area contributed by atoms with E-state index in [1.165, 1.54) is 10.8 Å². The molecule has 0 bridgehead atoms. The van der Waals surface area contributed by atoms with E-state index in [9.17, 15) is 4.79 Å². The van der Waals surface area contributed by atoms with Crippen molar-refractivity contribution in [1.29, 1.82) is 0 Å². The molecule has 1 rings (SSSR count). The molecule has 1 aromatic rings. The molecule has 0 unspecified atom stereocenters. The lowest BCUT2D eigenvalue weighted by molar-refractivity contribution is 0.0953. The first-order chi connectivity index (χ1) is 8.15. The molecule has 0 heterocycles. The van der Waals surface area contributed by atoms with Gasteiger partial charge in [0.25, 0.3) is 5.91 Å². The number of halogens is 2. The van der Waals surface area contributed by atoms with Crippen LogP contribution in [0.5, 0.6) is 0 Å². The Morgan fingerprint density at radius 1 is 1.35 bits per heavy atom. The first kappa shape index (κ1) is 14.8. The molecule has 0 fully saturated rings. The van der Waals surface area contributed by atoms with Gasteiger partial charge in [-0.05, 0) is 41.9 Å². The van der Waals surface area contributed by atoms with Gasteiger partial charge in [-0.25, -0.2) is 0 Å². The number of rotatable bonds is 6. The second kappa shape index (κ2) is 7.93. The Hall–Kier alpha value is -0.290. The van der Waals surface area contributed by atoms with Crippen LogP contribution in [0.15, 0.2) is 18.2 Å². The van der Waals surface area contributed by atoms with Crippen LogP contribution in [0.4, 0.5) is 0 Å². The second-order valence-electron chi connectivity index (χ2n) is 3.99. The lowest BCUT2D eigenvalue weighted by atomic mass is 10.1. The highest BCUT2D eigenvalue weighted by molar-refractivity contribution is 14.1. The van der Waals surface area contributed by atoms with E-state index in [-0.39, 0.29) is 5.91 Å². The van der Waals surface area contributed by atoms with E-state index in [4.69, 9.17) is 11.6 Å². The zero-order valence-electron chi connectivity index (χ0n) is 9.93. The van der Waals surface area contributed by atoms with E-state index >= 15 is 0 Å². The van der Waals surface area contributed by atoms with Crippen molar-refractivity contribution in [3.63, 3.8) is 0 Å². The average Bonchev–Trinajstić information content (AvgIpc) is 2.28. The first-order valence-electron chi connectivity index (χ1n) is 5.75. The Balaban J connectivity index is 2.42. The number of carbonyl (C=O) groups excluding carboxylic acids is 1. The number of hydrogen-bond acceptors (Lipinski definition) is 1. The Kier molecular flexibility index (Phi) is 6.89. The van der Waals surface area contributed by atoms with Gasteiger partial charge in [0.15, 0.2) is 0 Å². The van der Waals surface area contributed by atoms with Gasteiger partial charge in [-0.1, -0.05) is 46.7 Å². The van der Waals surface area contributed by atoms with Gasteiger partial charge in [0, 0.05) is 6.54 Å². The van der Waals surface area contributed by atoms with Crippen molar-refractivity contribution in [3.05, 3.63) is 34.3 Å². The number of unbranched alkanes of at least 4 members (excludes halogenated alkanes) is 2. The van der Waals surface area contributed by atoms with Crippen LogP contribution in [0.2, 0.25) is 5.02 Å². The van der Waals surface area contributed by atoms with Gasteiger partial charge in [-0.2, -0.15) is 0 Å². The molecule has 1 aromatic carbocycles. The number of aryl methyl sites for hydroxylation is 1. The van der Waals surface area contributed by atoms with Crippen LogP contribution in [0.3, 0.4) is 0 Å². The summed E-state index contributed by atoms with van der Waals surface area (Å²) in [5.74, 6) is -0.0792. The summed E-state index contributed by atoms with van der Waals surface area (Å²) in [6, 6.07) is 5.49. The van der Waals surface area contributed by atoms with Crippen molar-refractivity contribution >= 4 is 40.1 Å². The lowest BCUT2D eigenvalue weighted by Crippen LogP contribution is -2.24. The molecule has 0 saturated heterocycles. The fraction of sp³-hybridized carbons (Fsp3) is 0.462. The van der Waals surface area contributed by atoms with Gasteiger partial charge in [0.1, 0.15) is 0 Å². The summed E-state index contributed by atoms with van der Waals surface area (Å²) >= 11 is 8.39. The van der Waals surface area contributed by atoms with Crippen molar-refractivity contribution in [2.75, 3.05) is 11.0 Å².